The van der Waals surface area contributed by atoms with Gasteiger partial charge in [-0.25, -0.2) is 0 Å². The first-order valence-corrected chi connectivity index (χ1v) is 9.64. The lowest BCUT2D eigenvalue weighted by atomic mass is 10.2. The summed E-state index contributed by atoms with van der Waals surface area (Å²) in [7, 11) is 1.78. The zero-order valence-corrected chi connectivity index (χ0v) is 17.7. The lowest BCUT2D eigenvalue weighted by Crippen LogP contribution is -2.50. The smallest absolute Gasteiger partial charge is 0.307 e. The molecule has 0 unspecified atom stereocenters. The molecule has 10 heteroatoms. The van der Waals surface area contributed by atoms with Crippen molar-refractivity contribution in [1.29, 1.82) is 0 Å². The Balaban J connectivity index is 1.76. The largest absolute Gasteiger partial charge is 0.453 e. The number of aryl methyl sites for hydroxylation is 2. The monoisotopic (exact) mass is 407 g/mol. The number of nitrogens with zero attached hydrogens (tertiary/aromatic N) is 4. The summed E-state index contributed by atoms with van der Waals surface area (Å²) < 4.78 is 6.81. The number of aromatic nitrogens is 2. The Kier molecular flexibility index (Phi) is 7.35. The van der Waals surface area contributed by atoms with Gasteiger partial charge in [-0.1, -0.05) is 0 Å². The number of nitrogens with one attached hydrogen (secondary N) is 1. The van der Waals surface area contributed by atoms with Gasteiger partial charge < -0.3 is 19.9 Å². The zero-order chi connectivity index (χ0) is 21.7. The third kappa shape index (κ3) is 5.78. The van der Waals surface area contributed by atoms with Gasteiger partial charge in [0.05, 0.1) is 23.5 Å². The van der Waals surface area contributed by atoms with Crippen LogP contribution in [0.3, 0.4) is 0 Å². The summed E-state index contributed by atoms with van der Waals surface area (Å²) >= 11 is 0. The number of ether oxygens (including phenoxy) is 1. The van der Waals surface area contributed by atoms with Crippen molar-refractivity contribution in [2.45, 2.75) is 46.6 Å². The van der Waals surface area contributed by atoms with Crippen molar-refractivity contribution < 1.29 is 23.9 Å². The van der Waals surface area contributed by atoms with E-state index in [0.29, 0.717) is 37.6 Å². The van der Waals surface area contributed by atoms with Crippen molar-refractivity contribution in [2.75, 3.05) is 31.5 Å². The Bertz CT molecular complexity index is 795. The topological polar surface area (TPSA) is 114 Å². The van der Waals surface area contributed by atoms with Crippen LogP contribution in [0.2, 0.25) is 0 Å². The Hall–Kier alpha value is -2.91. The minimum Gasteiger partial charge on any atom is -0.453 e. The van der Waals surface area contributed by atoms with E-state index in [1.165, 1.54) is 13.8 Å². The maximum Gasteiger partial charge on any atom is 0.307 e. The highest BCUT2D eigenvalue weighted by Crippen LogP contribution is 2.18. The molecule has 1 aromatic heterocycles. The molecule has 1 atom stereocenters. The SMILES string of the molecule is CC(=O)N1CCN(C(=O)CCC(=O)O[C@H](C)C(=O)Nc2c(C)nn(C)c2C)CC1. The van der Waals surface area contributed by atoms with Gasteiger partial charge in [-0.15, -0.1) is 0 Å². The summed E-state index contributed by atoms with van der Waals surface area (Å²) in [5.74, 6) is -1.24. The van der Waals surface area contributed by atoms with E-state index in [1.54, 1.807) is 28.5 Å². The Morgan fingerprint density at radius 3 is 2.17 bits per heavy atom. The standard InChI is InChI=1S/C19H29N5O5/c1-12-18(13(2)22(5)21-12)20-19(28)14(3)29-17(27)7-6-16(26)24-10-8-23(9-11-24)15(4)25/h14H,6-11H2,1-5H3,(H,20,28)/t14-/m1/s1. The first-order chi connectivity index (χ1) is 13.6. The van der Waals surface area contributed by atoms with E-state index in [2.05, 4.69) is 10.4 Å². The Labute approximate surface area is 170 Å². The summed E-state index contributed by atoms with van der Waals surface area (Å²) in [6.07, 6.45) is -1.08. The molecular weight excluding hydrogens is 378 g/mol. The molecule has 1 saturated heterocycles. The summed E-state index contributed by atoms with van der Waals surface area (Å²) in [5, 5.41) is 6.95. The van der Waals surface area contributed by atoms with Gasteiger partial charge in [0, 0.05) is 46.6 Å². The molecule has 1 aromatic rings. The van der Waals surface area contributed by atoms with Crippen molar-refractivity contribution in [3.05, 3.63) is 11.4 Å². The number of carbonyl (C=O) groups excluding carboxylic acids is 4. The fourth-order valence-electron chi connectivity index (χ4n) is 3.13. The molecular formula is C19H29N5O5. The van der Waals surface area contributed by atoms with E-state index in [-0.39, 0.29) is 24.7 Å². The van der Waals surface area contributed by atoms with Crippen molar-refractivity contribution in [2.24, 2.45) is 7.05 Å². The number of rotatable bonds is 6. The van der Waals surface area contributed by atoms with E-state index in [4.69, 9.17) is 4.74 Å². The van der Waals surface area contributed by atoms with Gasteiger partial charge >= 0.3 is 5.97 Å². The minimum atomic E-state index is -0.990. The fraction of sp³-hybridized carbons (Fsp3) is 0.632. The van der Waals surface area contributed by atoms with E-state index in [1.807, 2.05) is 6.92 Å². The molecule has 1 N–H and O–H groups in total. The van der Waals surface area contributed by atoms with Gasteiger partial charge in [-0.3, -0.25) is 23.9 Å². The van der Waals surface area contributed by atoms with Gasteiger partial charge in [0.2, 0.25) is 11.8 Å². The molecule has 0 aromatic carbocycles. The maximum absolute atomic E-state index is 12.3. The highest BCUT2D eigenvalue weighted by molar-refractivity contribution is 5.96. The molecule has 0 bridgehead atoms. The van der Waals surface area contributed by atoms with Crippen LogP contribution in [-0.2, 0) is 31.0 Å². The Morgan fingerprint density at radius 1 is 1.07 bits per heavy atom. The molecule has 0 aliphatic carbocycles. The van der Waals surface area contributed by atoms with Crippen LogP contribution in [0.25, 0.3) is 0 Å². The van der Waals surface area contributed by atoms with Crippen molar-refractivity contribution in [3.8, 4) is 0 Å². The first-order valence-electron chi connectivity index (χ1n) is 9.64. The zero-order valence-electron chi connectivity index (χ0n) is 17.7. The highest BCUT2D eigenvalue weighted by Gasteiger charge is 2.24. The number of anilines is 1. The molecule has 0 saturated carbocycles. The number of carbonyl (C=O) groups is 4. The molecule has 2 rings (SSSR count). The van der Waals surface area contributed by atoms with E-state index in [9.17, 15) is 19.2 Å². The van der Waals surface area contributed by atoms with Gasteiger partial charge in [0.25, 0.3) is 5.91 Å². The summed E-state index contributed by atoms with van der Waals surface area (Å²) in [6.45, 7) is 8.49. The molecule has 0 radical (unpaired) electrons. The number of hydrogen-bond acceptors (Lipinski definition) is 6. The van der Waals surface area contributed by atoms with Crippen LogP contribution in [0.1, 0.15) is 38.1 Å². The summed E-state index contributed by atoms with van der Waals surface area (Å²) in [4.78, 5) is 51.2. The maximum atomic E-state index is 12.3. The third-order valence-electron chi connectivity index (χ3n) is 5.06. The number of esters is 1. The molecule has 3 amide bonds. The van der Waals surface area contributed by atoms with Crippen LogP contribution in [0, 0.1) is 13.8 Å². The summed E-state index contributed by atoms with van der Waals surface area (Å²) in [6, 6.07) is 0. The van der Waals surface area contributed by atoms with E-state index in [0.717, 1.165) is 5.69 Å². The van der Waals surface area contributed by atoms with E-state index >= 15 is 0 Å². The average Bonchev–Trinajstić information content (AvgIpc) is 2.92. The van der Waals surface area contributed by atoms with Gasteiger partial charge in [0.15, 0.2) is 6.10 Å². The van der Waals surface area contributed by atoms with Crippen molar-refractivity contribution in [3.63, 3.8) is 0 Å². The molecule has 1 aliphatic heterocycles. The molecule has 0 spiro atoms. The van der Waals surface area contributed by atoms with Crippen LogP contribution in [-0.4, -0.2) is 75.6 Å². The molecule has 1 fully saturated rings. The second-order valence-corrected chi connectivity index (χ2v) is 7.18. The number of piperazine rings is 1. The van der Waals surface area contributed by atoms with Crippen LogP contribution in [0.5, 0.6) is 0 Å². The molecule has 29 heavy (non-hydrogen) atoms. The Morgan fingerprint density at radius 2 is 1.66 bits per heavy atom. The summed E-state index contributed by atoms with van der Waals surface area (Å²) in [5.41, 5.74) is 2.07. The first kappa shape index (κ1) is 22.4. The third-order valence-corrected chi connectivity index (χ3v) is 5.06. The van der Waals surface area contributed by atoms with Gasteiger partial charge in [-0.05, 0) is 20.8 Å². The van der Waals surface area contributed by atoms with Gasteiger partial charge in [0.1, 0.15) is 0 Å². The lowest BCUT2D eigenvalue weighted by Gasteiger charge is -2.34. The second kappa shape index (κ2) is 9.53. The molecule has 160 valence electrons. The average molecular weight is 407 g/mol. The van der Waals surface area contributed by atoms with Crippen molar-refractivity contribution in [1.82, 2.24) is 19.6 Å². The second-order valence-electron chi connectivity index (χ2n) is 7.18. The number of amides is 3. The van der Waals surface area contributed by atoms with Crippen LogP contribution in [0.4, 0.5) is 5.69 Å². The fourth-order valence-corrected chi connectivity index (χ4v) is 3.13. The number of hydrogen-bond donors (Lipinski definition) is 1. The van der Waals surface area contributed by atoms with Crippen LogP contribution < -0.4 is 5.32 Å². The quantitative estimate of drug-likeness (QED) is 0.682. The predicted molar refractivity (Wildman–Crippen MR) is 105 cm³/mol. The van der Waals surface area contributed by atoms with Gasteiger partial charge in [-0.2, -0.15) is 5.10 Å². The highest BCUT2D eigenvalue weighted by atomic mass is 16.5. The van der Waals surface area contributed by atoms with E-state index < -0.39 is 18.0 Å². The van der Waals surface area contributed by atoms with Crippen LogP contribution in [0.15, 0.2) is 0 Å². The van der Waals surface area contributed by atoms with Crippen LogP contribution >= 0.6 is 0 Å². The molecule has 2 heterocycles. The lowest BCUT2D eigenvalue weighted by molar-refractivity contribution is -0.154. The predicted octanol–water partition coefficient (Wildman–Crippen LogP) is 0.378. The molecule has 10 nitrogen and oxygen atoms in total. The normalized spacial score (nSPS) is 15.1. The van der Waals surface area contributed by atoms with Crippen molar-refractivity contribution >= 4 is 29.4 Å². The molecule has 1 aliphatic rings. The minimum absolute atomic E-state index is 0.00800.